The van der Waals surface area contributed by atoms with Gasteiger partial charge in [-0.3, -0.25) is 0 Å². The monoisotopic (exact) mass is 243 g/mol. The molecule has 0 fully saturated rings. The molecule has 0 aliphatic carbocycles. The van der Waals surface area contributed by atoms with Crippen LogP contribution < -0.4 is 5.90 Å². The minimum atomic E-state index is -0.798. The molecule has 3 unspecified atom stereocenters. The molecule has 0 amide bonds. The van der Waals surface area contributed by atoms with Crippen molar-refractivity contribution in [1.82, 2.24) is 0 Å². The van der Waals surface area contributed by atoms with E-state index in [1.54, 1.807) is 0 Å². The van der Waals surface area contributed by atoms with Crippen LogP contribution in [0.4, 0.5) is 4.39 Å². The fourth-order valence-corrected chi connectivity index (χ4v) is 2.28. The lowest BCUT2D eigenvalue weighted by atomic mass is 9.69. The summed E-state index contributed by atoms with van der Waals surface area (Å²) < 4.78 is 13.5. The number of nitrogens with two attached hydrogens (primary N) is 1. The van der Waals surface area contributed by atoms with Gasteiger partial charge in [0.1, 0.15) is 6.17 Å². The maximum Gasteiger partial charge on any atom is 0.100 e. The van der Waals surface area contributed by atoms with Gasteiger partial charge in [0.15, 0.2) is 0 Å². The molecule has 0 spiro atoms. The molecule has 0 heterocycles. The summed E-state index contributed by atoms with van der Waals surface area (Å²) in [4.78, 5) is 4.74. The van der Waals surface area contributed by atoms with E-state index in [2.05, 4.69) is 6.92 Å². The largest absolute Gasteiger partial charge is 0.304 e. The topological polar surface area (TPSA) is 35.2 Å². The summed E-state index contributed by atoms with van der Waals surface area (Å²) in [6, 6.07) is 0. The smallest absolute Gasteiger partial charge is 0.100 e. The third-order valence-corrected chi connectivity index (χ3v) is 3.27. The van der Waals surface area contributed by atoms with Gasteiger partial charge in [0.05, 0.1) is 14.5 Å². The predicted octanol–water partition coefficient (Wildman–Crippen LogP) is 3.56. The van der Waals surface area contributed by atoms with E-state index in [4.69, 9.17) is 18.6 Å². The van der Waals surface area contributed by atoms with Crippen LogP contribution in [0, 0.1) is 5.41 Å². The number of hydrogen-bond donors (Lipinski definition) is 1. The van der Waals surface area contributed by atoms with Gasteiger partial charge in [0, 0.05) is 0 Å². The molecular formula is C13H27BFNO. The predicted molar refractivity (Wildman–Crippen MR) is 71.7 cm³/mol. The molecule has 0 aromatic heterocycles. The molecular weight excluding hydrogens is 216 g/mol. The van der Waals surface area contributed by atoms with Gasteiger partial charge in [-0.2, -0.15) is 0 Å². The summed E-state index contributed by atoms with van der Waals surface area (Å²) in [7, 11) is 6.07. The lowest BCUT2D eigenvalue weighted by Gasteiger charge is -2.32. The number of unbranched alkanes of at least 4 members (excludes halogenated alkanes) is 1. The molecule has 0 aliphatic rings. The van der Waals surface area contributed by atoms with E-state index in [0.29, 0.717) is 19.4 Å². The van der Waals surface area contributed by atoms with Crippen molar-refractivity contribution >= 4 is 7.85 Å². The van der Waals surface area contributed by atoms with E-state index < -0.39 is 6.17 Å². The normalized spacial score (nSPS) is 18.6. The Morgan fingerprint density at radius 2 is 2.00 bits per heavy atom. The molecule has 0 bridgehead atoms. The zero-order valence-electron chi connectivity index (χ0n) is 11.5. The Morgan fingerprint density at radius 3 is 2.47 bits per heavy atom. The van der Waals surface area contributed by atoms with Crippen molar-refractivity contribution in [2.45, 2.75) is 71.3 Å². The number of alkyl halides is 1. The SMILES string of the molecule is [B]C(CCCC)CC(C)(CON)CC(F)CC. The average molecular weight is 243 g/mol. The van der Waals surface area contributed by atoms with Gasteiger partial charge in [-0.15, -0.1) is 0 Å². The maximum absolute atomic E-state index is 13.5. The fraction of sp³-hybridized carbons (Fsp3) is 1.00. The molecule has 100 valence electrons. The van der Waals surface area contributed by atoms with Crippen molar-refractivity contribution < 1.29 is 9.23 Å². The van der Waals surface area contributed by atoms with Gasteiger partial charge >= 0.3 is 0 Å². The standard InChI is InChI=1S/C13H27BFNO/c1-4-6-7-11(14)8-13(3,10-17-16)9-12(15)5-2/h11-12H,4-10,16H2,1-3H3. The van der Waals surface area contributed by atoms with Crippen LogP contribution >= 0.6 is 0 Å². The van der Waals surface area contributed by atoms with Gasteiger partial charge < -0.3 is 4.84 Å². The lowest BCUT2D eigenvalue weighted by Crippen LogP contribution is -2.30. The zero-order valence-corrected chi connectivity index (χ0v) is 11.5. The highest BCUT2D eigenvalue weighted by atomic mass is 19.1. The third-order valence-electron chi connectivity index (χ3n) is 3.27. The molecule has 2 N–H and O–H groups in total. The summed E-state index contributed by atoms with van der Waals surface area (Å²) >= 11 is 0. The highest BCUT2D eigenvalue weighted by Crippen LogP contribution is 2.36. The number of rotatable bonds is 10. The number of hydrogen-bond acceptors (Lipinski definition) is 2. The van der Waals surface area contributed by atoms with E-state index in [9.17, 15) is 4.39 Å². The minimum Gasteiger partial charge on any atom is -0.304 e. The van der Waals surface area contributed by atoms with Gasteiger partial charge in [-0.05, 0) is 18.3 Å². The second kappa shape index (κ2) is 8.93. The molecule has 0 aromatic rings. The Bertz CT molecular complexity index is 194. The summed E-state index contributed by atoms with van der Waals surface area (Å²) in [5.74, 6) is 5.25. The van der Waals surface area contributed by atoms with Crippen LogP contribution in [-0.2, 0) is 4.84 Å². The summed E-state index contributed by atoms with van der Waals surface area (Å²) in [5, 5.41) is 0. The molecule has 0 rings (SSSR count). The van der Waals surface area contributed by atoms with Gasteiger partial charge in [-0.25, -0.2) is 10.3 Å². The van der Waals surface area contributed by atoms with Crippen LogP contribution in [0.25, 0.3) is 0 Å². The Morgan fingerprint density at radius 1 is 1.35 bits per heavy atom. The van der Waals surface area contributed by atoms with Crippen molar-refractivity contribution in [1.29, 1.82) is 0 Å². The molecule has 0 aromatic carbocycles. The van der Waals surface area contributed by atoms with Crippen LogP contribution in [0.15, 0.2) is 0 Å². The Labute approximate surface area is 107 Å². The van der Waals surface area contributed by atoms with Crippen molar-refractivity contribution in [2.75, 3.05) is 6.61 Å². The molecule has 17 heavy (non-hydrogen) atoms. The number of halogens is 1. The van der Waals surface area contributed by atoms with Crippen LogP contribution in [-0.4, -0.2) is 20.6 Å². The van der Waals surface area contributed by atoms with Crippen LogP contribution in [0.3, 0.4) is 0 Å². The molecule has 2 radical (unpaired) electrons. The molecule has 0 saturated heterocycles. The van der Waals surface area contributed by atoms with Crippen LogP contribution in [0.2, 0.25) is 5.82 Å². The summed E-state index contributed by atoms with van der Waals surface area (Å²) in [6.45, 7) is 6.37. The van der Waals surface area contributed by atoms with Crippen LogP contribution in [0.5, 0.6) is 0 Å². The minimum absolute atomic E-state index is 0.110. The first kappa shape index (κ1) is 16.9. The first-order valence-corrected chi connectivity index (χ1v) is 6.68. The van der Waals surface area contributed by atoms with E-state index >= 15 is 0 Å². The van der Waals surface area contributed by atoms with E-state index in [1.807, 2.05) is 13.8 Å². The van der Waals surface area contributed by atoms with E-state index in [0.717, 1.165) is 25.7 Å². The molecule has 0 aliphatic heterocycles. The van der Waals surface area contributed by atoms with Crippen molar-refractivity contribution in [3.05, 3.63) is 0 Å². The van der Waals surface area contributed by atoms with Crippen LogP contribution in [0.1, 0.15) is 59.3 Å². The molecule has 2 nitrogen and oxygen atoms in total. The lowest BCUT2D eigenvalue weighted by molar-refractivity contribution is 0.0261. The van der Waals surface area contributed by atoms with Crippen molar-refractivity contribution in [2.24, 2.45) is 11.3 Å². The van der Waals surface area contributed by atoms with Crippen molar-refractivity contribution in [3.8, 4) is 0 Å². The van der Waals surface area contributed by atoms with Gasteiger partial charge in [0.2, 0.25) is 0 Å². The third kappa shape index (κ3) is 7.77. The van der Waals surface area contributed by atoms with E-state index in [1.165, 1.54) is 0 Å². The van der Waals surface area contributed by atoms with E-state index in [-0.39, 0.29) is 11.2 Å². The Hall–Kier alpha value is -0.0851. The summed E-state index contributed by atoms with van der Waals surface area (Å²) in [5.41, 5.74) is -0.253. The Balaban J connectivity index is 4.27. The quantitative estimate of drug-likeness (QED) is 0.470. The van der Waals surface area contributed by atoms with Gasteiger partial charge in [0.25, 0.3) is 0 Å². The zero-order chi connectivity index (χ0) is 13.3. The molecule has 0 saturated carbocycles. The molecule has 4 heteroatoms. The average Bonchev–Trinajstić information content (AvgIpc) is 2.26. The molecule has 3 atom stereocenters. The second-order valence-corrected chi connectivity index (χ2v) is 5.44. The summed E-state index contributed by atoms with van der Waals surface area (Å²) in [6.07, 6.45) is 4.22. The Kier molecular flexibility index (Phi) is 8.88. The van der Waals surface area contributed by atoms with Gasteiger partial charge in [-0.1, -0.05) is 52.3 Å². The second-order valence-electron chi connectivity index (χ2n) is 5.44. The highest BCUT2D eigenvalue weighted by Gasteiger charge is 2.29. The fourth-order valence-electron chi connectivity index (χ4n) is 2.28. The maximum atomic E-state index is 13.5. The first-order valence-electron chi connectivity index (χ1n) is 6.68. The van der Waals surface area contributed by atoms with Crippen molar-refractivity contribution in [3.63, 3.8) is 0 Å². The first-order chi connectivity index (χ1) is 7.97. The highest BCUT2D eigenvalue weighted by molar-refractivity contribution is 6.11.